The van der Waals surface area contributed by atoms with E-state index < -0.39 is 5.92 Å². The maximum Gasteiger partial charge on any atom is 0.225 e. The summed E-state index contributed by atoms with van der Waals surface area (Å²) in [6.07, 6.45) is 2.03. The SMILES string of the molecule is CCc1ccc(C2CC(=O)C3=C(C2)NC(=O)CC3c2cc(Br)ccc2F)cc1. The van der Waals surface area contributed by atoms with Crippen LogP contribution in [0.3, 0.4) is 0 Å². The summed E-state index contributed by atoms with van der Waals surface area (Å²) in [6.45, 7) is 2.11. The lowest BCUT2D eigenvalue weighted by atomic mass is 9.73. The molecule has 1 aliphatic carbocycles. The van der Waals surface area contributed by atoms with Crippen molar-refractivity contribution >= 4 is 27.6 Å². The third kappa shape index (κ3) is 3.55. The van der Waals surface area contributed by atoms with E-state index in [0.29, 0.717) is 29.7 Å². The number of aryl methyl sites for hydroxylation is 1. The van der Waals surface area contributed by atoms with Gasteiger partial charge in [0.2, 0.25) is 5.91 Å². The third-order valence-corrected chi connectivity index (χ3v) is 6.22. The molecule has 0 saturated heterocycles. The molecular weight excluding hydrogens is 421 g/mol. The van der Waals surface area contributed by atoms with E-state index in [2.05, 4.69) is 52.4 Å². The summed E-state index contributed by atoms with van der Waals surface area (Å²) in [7, 11) is 0. The average Bonchev–Trinajstić information content (AvgIpc) is 2.69. The number of allylic oxidation sites excluding steroid dienone is 2. The number of hydrogen-bond acceptors (Lipinski definition) is 2. The second kappa shape index (κ2) is 7.63. The van der Waals surface area contributed by atoms with Gasteiger partial charge in [-0.05, 0) is 53.6 Å². The Morgan fingerprint density at radius 2 is 1.82 bits per heavy atom. The topological polar surface area (TPSA) is 46.2 Å². The van der Waals surface area contributed by atoms with Gasteiger partial charge >= 0.3 is 0 Å². The van der Waals surface area contributed by atoms with E-state index in [4.69, 9.17) is 0 Å². The molecular formula is C23H21BrFNO2. The van der Waals surface area contributed by atoms with Crippen molar-refractivity contribution in [1.82, 2.24) is 5.32 Å². The minimum Gasteiger partial charge on any atom is -0.329 e. The molecule has 1 amide bonds. The number of Topliss-reactive ketones (excluding diaryl/α,β-unsaturated/α-hetero) is 1. The minimum absolute atomic E-state index is 0.00445. The number of carbonyl (C=O) groups is 2. The molecule has 2 aliphatic rings. The van der Waals surface area contributed by atoms with Crippen LogP contribution in [-0.4, -0.2) is 11.7 Å². The first kappa shape index (κ1) is 19.1. The fourth-order valence-corrected chi connectivity index (χ4v) is 4.65. The van der Waals surface area contributed by atoms with Crippen LogP contribution in [-0.2, 0) is 16.0 Å². The van der Waals surface area contributed by atoms with Crippen molar-refractivity contribution in [2.45, 2.75) is 44.4 Å². The van der Waals surface area contributed by atoms with E-state index >= 15 is 0 Å². The second-order valence-corrected chi connectivity index (χ2v) is 8.40. The average molecular weight is 442 g/mol. The van der Waals surface area contributed by atoms with E-state index in [1.54, 1.807) is 12.1 Å². The highest BCUT2D eigenvalue weighted by molar-refractivity contribution is 9.10. The highest BCUT2D eigenvalue weighted by Crippen LogP contribution is 2.43. The van der Waals surface area contributed by atoms with Crippen LogP contribution in [0.4, 0.5) is 4.39 Å². The first-order valence-corrected chi connectivity index (χ1v) is 10.4. The lowest BCUT2D eigenvalue weighted by Gasteiger charge is -2.34. The summed E-state index contributed by atoms with van der Waals surface area (Å²) in [6, 6.07) is 13.0. The molecule has 1 aliphatic heterocycles. The van der Waals surface area contributed by atoms with Crippen molar-refractivity contribution in [2.24, 2.45) is 0 Å². The van der Waals surface area contributed by atoms with Gasteiger partial charge in [0.05, 0.1) is 0 Å². The monoisotopic (exact) mass is 441 g/mol. The zero-order valence-corrected chi connectivity index (χ0v) is 17.2. The Morgan fingerprint density at radius 1 is 1.07 bits per heavy atom. The molecule has 2 aromatic carbocycles. The van der Waals surface area contributed by atoms with Gasteiger partial charge in [-0.3, -0.25) is 9.59 Å². The highest BCUT2D eigenvalue weighted by Gasteiger charge is 2.39. The summed E-state index contributed by atoms with van der Waals surface area (Å²) >= 11 is 3.36. The second-order valence-electron chi connectivity index (χ2n) is 7.49. The molecule has 5 heteroatoms. The summed E-state index contributed by atoms with van der Waals surface area (Å²) in [5.74, 6) is -1.06. The normalized spacial score (nSPS) is 22.1. The van der Waals surface area contributed by atoms with E-state index in [-0.39, 0.29) is 29.8 Å². The Balaban J connectivity index is 1.71. The summed E-state index contributed by atoms with van der Waals surface area (Å²) in [4.78, 5) is 25.4. The van der Waals surface area contributed by atoms with Crippen LogP contribution in [0.15, 0.2) is 58.2 Å². The van der Waals surface area contributed by atoms with Crippen LogP contribution >= 0.6 is 15.9 Å². The Bertz CT molecular complexity index is 981. The number of halogens is 2. The predicted molar refractivity (Wildman–Crippen MR) is 109 cm³/mol. The molecule has 0 fully saturated rings. The number of nitrogens with one attached hydrogen (secondary N) is 1. The largest absolute Gasteiger partial charge is 0.329 e. The van der Waals surface area contributed by atoms with E-state index in [1.165, 1.54) is 11.6 Å². The first-order chi connectivity index (χ1) is 13.5. The van der Waals surface area contributed by atoms with Gasteiger partial charge in [0.25, 0.3) is 0 Å². The van der Waals surface area contributed by atoms with Crippen molar-refractivity contribution in [1.29, 1.82) is 0 Å². The van der Waals surface area contributed by atoms with Crippen LogP contribution in [0.2, 0.25) is 0 Å². The van der Waals surface area contributed by atoms with Crippen molar-refractivity contribution in [3.8, 4) is 0 Å². The molecule has 1 heterocycles. The summed E-state index contributed by atoms with van der Waals surface area (Å²) < 4.78 is 15.2. The van der Waals surface area contributed by atoms with Crippen LogP contribution in [0.1, 0.15) is 54.7 Å². The standard InChI is InChI=1S/C23H21BrFNO2/c1-2-13-3-5-14(6-4-13)15-9-20-23(21(27)10-15)18(12-22(28)26-20)17-11-16(24)7-8-19(17)25/h3-8,11,15,18H,2,9-10,12H2,1H3,(H,26,28). The Hall–Kier alpha value is -2.27. The lowest BCUT2D eigenvalue weighted by molar-refractivity contribution is -0.122. The molecule has 0 radical (unpaired) electrons. The van der Waals surface area contributed by atoms with E-state index in [0.717, 1.165) is 16.5 Å². The van der Waals surface area contributed by atoms with Gasteiger partial charge in [0.1, 0.15) is 5.82 Å². The van der Waals surface area contributed by atoms with Crippen LogP contribution < -0.4 is 5.32 Å². The lowest BCUT2D eigenvalue weighted by Crippen LogP contribution is -2.38. The summed E-state index contributed by atoms with van der Waals surface area (Å²) in [5.41, 5.74) is 3.97. The summed E-state index contributed by atoms with van der Waals surface area (Å²) in [5, 5.41) is 2.89. The smallest absolute Gasteiger partial charge is 0.225 e. The zero-order chi connectivity index (χ0) is 19.8. The molecule has 0 bridgehead atoms. The fourth-order valence-electron chi connectivity index (χ4n) is 4.27. The van der Waals surface area contributed by atoms with Crippen LogP contribution in [0.5, 0.6) is 0 Å². The van der Waals surface area contributed by atoms with E-state index in [1.807, 2.05) is 0 Å². The molecule has 0 aromatic heterocycles. The molecule has 4 rings (SSSR count). The van der Waals surface area contributed by atoms with Gasteiger partial charge in [0.15, 0.2) is 5.78 Å². The molecule has 144 valence electrons. The van der Waals surface area contributed by atoms with Crippen LogP contribution in [0, 0.1) is 5.82 Å². The molecule has 0 saturated carbocycles. The van der Waals surface area contributed by atoms with Gasteiger partial charge < -0.3 is 5.32 Å². The quantitative estimate of drug-likeness (QED) is 0.715. The number of hydrogen-bond donors (Lipinski definition) is 1. The van der Waals surface area contributed by atoms with Crippen molar-refractivity contribution in [2.75, 3.05) is 0 Å². The van der Waals surface area contributed by atoms with Crippen LogP contribution in [0.25, 0.3) is 0 Å². The van der Waals surface area contributed by atoms with Crippen molar-refractivity contribution in [3.05, 3.63) is 80.7 Å². The van der Waals surface area contributed by atoms with Gasteiger partial charge in [-0.15, -0.1) is 0 Å². The molecule has 0 spiro atoms. The molecule has 2 atom stereocenters. The van der Waals surface area contributed by atoms with Gasteiger partial charge in [0, 0.05) is 34.5 Å². The van der Waals surface area contributed by atoms with Gasteiger partial charge in [-0.25, -0.2) is 4.39 Å². The molecule has 28 heavy (non-hydrogen) atoms. The number of ketones is 1. The Kier molecular flexibility index (Phi) is 5.19. The fraction of sp³-hybridized carbons (Fsp3) is 0.304. The van der Waals surface area contributed by atoms with Crippen molar-refractivity contribution in [3.63, 3.8) is 0 Å². The number of rotatable bonds is 3. The Morgan fingerprint density at radius 3 is 2.54 bits per heavy atom. The van der Waals surface area contributed by atoms with Gasteiger partial charge in [-0.1, -0.05) is 47.1 Å². The third-order valence-electron chi connectivity index (χ3n) is 5.73. The predicted octanol–water partition coefficient (Wildman–Crippen LogP) is 5.15. The van der Waals surface area contributed by atoms with E-state index in [9.17, 15) is 14.0 Å². The minimum atomic E-state index is -0.530. The number of benzene rings is 2. The number of amides is 1. The molecule has 2 aromatic rings. The highest BCUT2D eigenvalue weighted by atomic mass is 79.9. The molecule has 2 unspecified atom stereocenters. The Labute approximate surface area is 172 Å². The van der Waals surface area contributed by atoms with Gasteiger partial charge in [-0.2, -0.15) is 0 Å². The van der Waals surface area contributed by atoms with Crippen molar-refractivity contribution < 1.29 is 14.0 Å². The maximum absolute atomic E-state index is 14.5. The number of carbonyl (C=O) groups excluding carboxylic acids is 2. The zero-order valence-electron chi connectivity index (χ0n) is 15.6. The first-order valence-electron chi connectivity index (χ1n) is 9.56. The maximum atomic E-state index is 14.5. The molecule has 3 nitrogen and oxygen atoms in total. The molecule has 1 N–H and O–H groups in total.